The van der Waals surface area contributed by atoms with Gasteiger partial charge in [0.1, 0.15) is 0 Å². The standard InChI is InChI=1S/C24H26N2O3S/c1-16(2)21-10-5-6-11-22(21)25-24(27)19-13-12-18(4)23(15-19)30(28,29)26-20-9-7-8-17(3)14-20/h5-16,26H,1-4H3,(H,25,27). The highest BCUT2D eigenvalue weighted by Gasteiger charge is 2.20. The second-order valence-electron chi connectivity index (χ2n) is 7.65. The van der Waals surface area contributed by atoms with E-state index >= 15 is 0 Å². The molecule has 0 fully saturated rings. The smallest absolute Gasteiger partial charge is 0.262 e. The number of carbonyl (C=O) groups is 1. The zero-order valence-electron chi connectivity index (χ0n) is 17.6. The highest BCUT2D eigenvalue weighted by atomic mass is 32.2. The molecule has 5 nitrogen and oxygen atoms in total. The molecule has 0 atom stereocenters. The Labute approximate surface area is 178 Å². The maximum absolute atomic E-state index is 13.0. The van der Waals surface area contributed by atoms with E-state index in [1.54, 1.807) is 37.3 Å². The molecule has 3 aromatic rings. The van der Waals surface area contributed by atoms with Gasteiger partial charge in [-0.25, -0.2) is 8.42 Å². The van der Waals surface area contributed by atoms with Crippen molar-refractivity contribution in [2.75, 3.05) is 10.0 Å². The van der Waals surface area contributed by atoms with Crippen LogP contribution in [-0.4, -0.2) is 14.3 Å². The van der Waals surface area contributed by atoms with Gasteiger partial charge in [-0.15, -0.1) is 0 Å². The van der Waals surface area contributed by atoms with Gasteiger partial charge in [-0.3, -0.25) is 9.52 Å². The molecule has 1 amide bonds. The minimum atomic E-state index is -3.84. The van der Waals surface area contributed by atoms with Crippen molar-refractivity contribution in [2.45, 2.75) is 38.5 Å². The molecule has 3 aromatic carbocycles. The summed E-state index contributed by atoms with van der Waals surface area (Å²) in [5, 5.41) is 2.91. The van der Waals surface area contributed by atoms with E-state index in [0.717, 1.165) is 16.8 Å². The van der Waals surface area contributed by atoms with Crippen LogP contribution >= 0.6 is 0 Å². The van der Waals surface area contributed by atoms with E-state index in [1.165, 1.54) is 6.07 Å². The molecule has 2 N–H and O–H groups in total. The normalized spacial score (nSPS) is 11.4. The Morgan fingerprint density at radius 3 is 2.33 bits per heavy atom. The molecule has 156 valence electrons. The molecule has 0 bridgehead atoms. The van der Waals surface area contributed by atoms with Gasteiger partial charge >= 0.3 is 0 Å². The van der Waals surface area contributed by atoms with E-state index in [9.17, 15) is 13.2 Å². The van der Waals surface area contributed by atoms with Crippen molar-refractivity contribution >= 4 is 27.3 Å². The largest absolute Gasteiger partial charge is 0.322 e. The molecule has 30 heavy (non-hydrogen) atoms. The van der Waals surface area contributed by atoms with E-state index in [2.05, 4.69) is 23.9 Å². The third-order valence-electron chi connectivity index (χ3n) is 4.84. The van der Waals surface area contributed by atoms with Crippen LogP contribution in [0.4, 0.5) is 11.4 Å². The van der Waals surface area contributed by atoms with Gasteiger partial charge in [-0.2, -0.15) is 0 Å². The molecular weight excluding hydrogens is 396 g/mol. The first-order valence-electron chi connectivity index (χ1n) is 9.78. The van der Waals surface area contributed by atoms with Crippen molar-refractivity contribution in [3.63, 3.8) is 0 Å². The summed E-state index contributed by atoms with van der Waals surface area (Å²) in [4.78, 5) is 12.9. The summed E-state index contributed by atoms with van der Waals surface area (Å²) in [5.74, 6) is -0.107. The molecule has 0 spiro atoms. The van der Waals surface area contributed by atoms with Gasteiger partial charge in [0, 0.05) is 16.9 Å². The zero-order chi connectivity index (χ0) is 21.9. The first kappa shape index (κ1) is 21.6. The van der Waals surface area contributed by atoms with Crippen LogP contribution in [0.3, 0.4) is 0 Å². The van der Waals surface area contributed by atoms with Gasteiger partial charge in [0.25, 0.3) is 15.9 Å². The maximum atomic E-state index is 13.0. The van der Waals surface area contributed by atoms with Crippen molar-refractivity contribution in [2.24, 2.45) is 0 Å². The number of para-hydroxylation sites is 1. The van der Waals surface area contributed by atoms with E-state index in [-0.39, 0.29) is 22.3 Å². The molecule has 0 aliphatic carbocycles. The Hall–Kier alpha value is -3.12. The van der Waals surface area contributed by atoms with Crippen molar-refractivity contribution in [1.29, 1.82) is 0 Å². The SMILES string of the molecule is Cc1cccc(NS(=O)(=O)c2cc(C(=O)Nc3ccccc3C(C)C)ccc2C)c1. The number of rotatable bonds is 6. The molecule has 0 saturated heterocycles. The van der Waals surface area contributed by atoms with Crippen LogP contribution in [0.25, 0.3) is 0 Å². The Morgan fingerprint density at radius 2 is 1.63 bits per heavy atom. The van der Waals surface area contributed by atoms with Gasteiger partial charge in [0.05, 0.1) is 4.90 Å². The molecule has 0 aliphatic heterocycles. The molecule has 0 heterocycles. The number of hydrogen-bond acceptors (Lipinski definition) is 3. The summed E-state index contributed by atoms with van der Waals surface area (Å²) in [5.41, 5.74) is 4.02. The van der Waals surface area contributed by atoms with Crippen molar-refractivity contribution < 1.29 is 13.2 Å². The van der Waals surface area contributed by atoms with Crippen LogP contribution < -0.4 is 10.0 Å². The summed E-state index contributed by atoms with van der Waals surface area (Å²) >= 11 is 0. The van der Waals surface area contributed by atoms with E-state index in [0.29, 0.717) is 11.3 Å². The zero-order valence-corrected chi connectivity index (χ0v) is 18.4. The highest BCUT2D eigenvalue weighted by Crippen LogP contribution is 2.25. The third-order valence-corrected chi connectivity index (χ3v) is 6.36. The van der Waals surface area contributed by atoms with E-state index in [4.69, 9.17) is 0 Å². The van der Waals surface area contributed by atoms with Crippen LogP contribution in [0, 0.1) is 13.8 Å². The van der Waals surface area contributed by atoms with E-state index < -0.39 is 10.0 Å². The molecule has 0 saturated carbocycles. The summed E-state index contributed by atoms with van der Waals surface area (Å²) < 4.78 is 28.5. The Balaban J connectivity index is 1.90. The number of hydrogen-bond donors (Lipinski definition) is 2. The van der Waals surface area contributed by atoms with E-state index in [1.807, 2.05) is 37.3 Å². The Kier molecular flexibility index (Phi) is 6.27. The van der Waals surface area contributed by atoms with Crippen molar-refractivity contribution in [1.82, 2.24) is 0 Å². The number of aryl methyl sites for hydroxylation is 2. The van der Waals surface area contributed by atoms with Gasteiger partial charge in [0.15, 0.2) is 0 Å². The predicted octanol–water partition coefficient (Wildman–Crippen LogP) is 5.48. The Morgan fingerprint density at radius 1 is 0.900 bits per heavy atom. The quantitative estimate of drug-likeness (QED) is 0.552. The Bertz CT molecular complexity index is 1180. The minimum Gasteiger partial charge on any atom is -0.322 e. The lowest BCUT2D eigenvalue weighted by Gasteiger charge is -2.15. The monoisotopic (exact) mass is 422 g/mol. The average molecular weight is 423 g/mol. The predicted molar refractivity (Wildman–Crippen MR) is 122 cm³/mol. The lowest BCUT2D eigenvalue weighted by molar-refractivity contribution is 0.102. The molecule has 0 aromatic heterocycles. The number of sulfonamides is 1. The fraction of sp³-hybridized carbons (Fsp3) is 0.208. The first-order valence-corrected chi connectivity index (χ1v) is 11.3. The number of benzene rings is 3. The van der Waals surface area contributed by atoms with Crippen LogP contribution in [-0.2, 0) is 10.0 Å². The lowest BCUT2D eigenvalue weighted by atomic mass is 10.0. The first-order chi connectivity index (χ1) is 14.2. The van der Waals surface area contributed by atoms with Crippen LogP contribution in [0.5, 0.6) is 0 Å². The second-order valence-corrected chi connectivity index (χ2v) is 9.30. The third kappa shape index (κ3) is 4.89. The minimum absolute atomic E-state index is 0.0776. The fourth-order valence-electron chi connectivity index (χ4n) is 3.26. The number of nitrogens with one attached hydrogen (secondary N) is 2. The molecule has 3 rings (SSSR count). The highest BCUT2D eigenvalue weighted by molar-refractivity contribution is 7.92. The van der Waals surface area contributed by atoms with Crippen molar-refractivity contribution in [3.05, 3.63) is 89.0 Å². The fourth-order valence-corrected chi connectivity index (χ4v) is 4.58. The second kappa shape index (κ2) is 8.71. The number of carbonyl (C=O) groups excluding carboxylic acids is 1. The summed E-state index contributed by atoms with van der Waals surface area (Å²) in [6, 6.07) is 19.4. The number of anilines is 2. The summed E-state index contributed by atoms with van der Waals surface area (Å²) in [7, 11) is -3.84. The number of amides is 1. The van der Waals surface area contributed by atoms with Gasteiger partial charge in [-0.1, -0.05) is 50.2 Å². The molecule has 0 radical (unpaired) electrons. The van der Waals surface area contributed by atoms with Crippen LogP contribution in [0.1, 0.15) is 46.8 Å². The molecule has 0 unspecified atom stereocenters. The lowest BCUT2D eigenvalue weighted by Crippen LogP contribution is -2.17. The average Bonchev–Trinajstić information content (AvgIpc) is 2.68. The maximum Gasteiger partial charge on any atom is 0.262 e. The topological polar surface area (TPSA) is 75.3 Å². The molecular formula is C24H26N2O3S. The van der Waals surface area contributed by atoms with Crippen LogP contribution in [0.2, 0.25) is 0 Å². The van der Waals surface area contributed by atoms with Gasteiger partial charge in [0.2, 0.25) is 0 Å². The van der Waals surface area contributed by atoms with Gasteiger partial charge < -0.3 is 5.32 Å². The van der Waals surface area contributed by atoms with Gasteiger partial charge in [-0.05, 0) is 66.8 Å². The summed E-state index contributed by atoms with van der Waals surface area (Å²) in [6.07, 6.45) is 0. The molecule has 6 heteroatoms. The molecule has 0 aliphatic rings. The van der Waals surface area contributed by atoms with Crippen LogP contribution in [0.15, 0.2) is 71.6 Å². The van der Waals surface area contributed by atoms with Crippen molar-refractivity contribution in [3.8, 4) is 0 Å². The summed E-state index contributed by atoms with van der Waals surface area (Å²) in [6.45, 7) is 7.71.